The minimum absolute atomic E-state index is 0.0194. The Labute approximate surface area is 107 Å². The lowest BCUT2D eigenvalue weighted by Gasteiger charge is -2.04. The van der Waals surface area contributed by atoms with Crippen molar-refractivity contribution in [3.8, 4) is 0 Å². The van der Waals surface area contributed by atoms with Crippen LogP contribution in [0.1, 0.15) is 19.8 Å². The Balaban J connectivity index is 2.72. The maximum absolute atomic E-state index is 11.6. The monoisotopic (exact) mass is 266 g/mol. The molecule has 0 bridgehead atoms. The first-order valence-electron chi connectivity index (χ1n) is 5.92. The van der Waals surface area contributed by atoms with Crippen LogP contribution in [0, 0.1) is 0 Å². The van der Waals surface area contributed by atoms with Gasteiger partial charge in [-0.05, 0) is 11.5 Å². The molecule has 1 aromatic carbocycles. The van der Waals surface area contributed by atoms with Crippen molar-refractivity contribution in [3.63, 3.8) is 0 Å². The lowest BCUT2D eigenvalue weighted by atomic mass is 10.2. The van der Waals surface area contributed by atoms with Gasteiger partial charge < -0.3 is 0 Å². The van der Waals surface area contributed by atoms with Gasteiger partial charge in [-0.15, -0.1) is 0 Å². The summed E-state index contributed by atoms with van der Waals surface area (Å²) in [5.74, 6) is 0. The molecule has 4 nitrogen and oxygen atoms in total. The Hall–Kier alpha value is -1.46. The van der Waals surface area contributed by atoms with E-state index in [-0.39, 0.29) is 5.03 Å². The van der Waals surface area contributed by atoms with E-state index in [2.05, 4.69) is 0 Å². The summed E-state index contributed by atoms with van der Waals surface area (Å²) in [5.41, 5.74) is 0. The summed E-state index contributed by atoms with van der Waals surface area (Å²) < 4.78 is 34.1. The van der Waals surface area contributed by atoms with E-state index in [1.165, 1.54) is 0 Å². The van der Waals surface area contributed by atoms with Gasteiger partial charge in [0.2, 0.25) is 0 Å². The molecule has 2 rings (SSSR count). The van der Waals surface area contributed by atoms with E-state index in [9.17, 15) is 13.0 Å². The highest BCUT2D eigenvalue weighted by Crippen LogP contribution is 2.19. The lowest BCUT2D eigenvalue weighted by Crippen LogP contribution is -2.39. The van der Waals surface area contributed by atoms with E-state index in [0.29, 0.717) is 11.9 Å². The van der Waals surface area contributed by atoms with Crippen LogP contribution in [0.2, 0.25) is 0 Å². The molecule has 0 aliphatic rings. The molecule has 0 spiro atoms. The number of rotatable bonds is 4. The molecule has 1 aromatic heterocycles. The number of aryl methyl sites for hydroxylation is 1. The molecule has 0 saturated heterocycles. The number of nitrogens with zero attached hydrogens (tertiary/aromatic N) is 1. The van der Waals surface area contributed by atoms with Gasteiger partial charge in [0.1, 0.15) is 6.54 Å². The first-order chi connectivity index (χ1) is 8.54. The van der Waals surface area contributed by atoms with E-state index in [4.69, 9.17) is 0 Å². The summed E-state index contributed by atoms with van der Waals surface area (Å²) in [6, 6.07) is 9.00. The average molecular weight is 266 g/mol. The largest absolute Gasteiger partial charge is 0.356 e. The second-order valence-corrected chi connectivity index (χ2v) is 5.57. The highest BCUT2D eigenvalue weighted by Gasteiger charge is 2.26. The summed E-state index contributed by atoms with van der Waals surface area (Å²) in [4.78, 5) is 0. The van der Waals surface area contributed by atoms with E-state index in [1.54, 1.807) is 22.9 Å². The van der Waals surface area contributed by atoms with Crippen molar-refractivity contribution < 1.29 is 17.5 Å². The zero-order valence-electron chi connectivity index (χ0n) is 10.2. The normalized spacial score (nSPS) is 11.9. The first kappa shape index (κ1) is 13.0. The molecule has 18 heavy (non-hydrogen) atoms. The summed E-state index contributed by atoms with van der Waals surface area (Å²) in [6.45, 7) is 2.62. The van der Waals surface area contributed by atoms with Gasteiger partial charge in [0.05, 0.1) is 5.39 Å². The van der Waals surface area contributed by atoms with Crippen molar-refractivity contribution >= 4 is 20.9 Å². The van der Waals surface area contributed by atoms with Crippen LogP contribution in [-0.2, 0) is 16.7 Å². The Kier molecular flexibility index (Phi) is 3.63. The average Bonchev–Trinajstić information content (AvgIpc) is 2.34. The number of benzene rings is 1. The molecule has 1 N–H and O–H groups in total. The third kappa shape index (κ3) is 2.52. The zero-order chi connectivity index (χ0) is 13.2. The van der Waals surface area contributed by atoms with Gasteiger partial charge in [0, 0.05) is 12.5 Å². The molecule has 0 saturated carbocycles. The van der Waals surface area contributed by atoms with Crippen LogP contribution in [0.4, 0.5) is 0 Å². The summed E-state index contributed by atoms with van der Waals surface area (Å²) >= 11 is 0. The SMILES string of the molecule is CCCC[n+]1ccc2ccccc2c1S(=O)(=O)O. The quantitative estimate of drug-likeness (QED) is 0.681. The predicted octanol–water partition coefficient (Wildman–Crippen LogP) is 2.17. The van der Waals surface area contributed by atoms with E-state index < -0.39 is 10.1 Å². The van der Waals surface area contributed by atoms with E-state index >= 15 is 0 Å². The van der Waals surface area contributed by atoms with Crippen molar-refractivity contribution in [1.29, 1.82) is 0 Å². The number of pyridine rings is 1. The summed E-state index contributed by atoms with van der Waals surface area (Å²) in [5, 5.41) is 1.34. The second-order valence-electron chi connectivity index (χ2n) is 4.23. The fourth-order valence-corrected chi connectivity index (χ4v) is 2.93. The molecule has 0 aliphatic heterocycles. The van der Waals surface area contributed by atoms with E-state index in [1.807, 2.05) is 25.1 Å². The minimum atomic E-state index is -4.23. The molecule has 2 aromatic rings. The number of fused-ring (bicyclic) bond motifs is 1. The van der Waals surface area contributed by atoms with Crippen molar-refractivity contribution in [2.24, 2.45) is 0 Å². The van der Waals surface area contributed by atoms with Crippen molar-refractivity contribution in [2.75, 3.05) is 0 Å². The third-order valence-corrected chi connectivity index (χ3v) is 3.83. The van der Waals surface area contributed by atoms with Crippen molar-refractivity contribution in [1.82, 2.24) is 0 Å². The Morgan fingerprint density at radius 3 is 2.61 bits per heavy atom. The molecular formula is C13H16NO3S+. The number of hydrogen-bond donors (Lipinski definition) is 1. The van der Waals surface area contributed by atoms with Gasteiger partial charge in [-0.1, -0.05) is 31.5 Å². The number of unbranched alkanes of at least 4 members (excludes halogenated alkanes) is 1. The van der Waals surface area contributed by atoms with E-state index in [0.717, 1.165) is 18.2 Å². The van der Waals surface area contributed by atoms with Crippen LogP contribution in [0.15, 0.2) is 41.6 Å². The molecule has 0 aliphatic carbocycles. The Morgan fingerprint density at radius 2 is 1.94 bits per heavy atom. The molecule has 0 amide bonds. The van der Waals surface area contributed by atoms with Crippen molar-refractivity contribution in [3.05, 3.63) is 36.5 Å². The van der Waals surface area contributed by atoms with Gasteiger partial charge in [-0.2, -0.15) is 13.0 Å². The predicted molar refractivity (Wildman–Crippen MR) is 68.9 cm³/mol. The van der Waals surface area contributed by atoms with Gasteiger partial charge in [0.15, 0.2) is 6.20 Å². The lowest BCUT2D eigenvalue weighted by molar-refractivity contribution is -0.732. The fourth-order valence-electron chi connectivity index (χ4n) is 2.02. The van der Waals surface area contributed by atoms with Crippen LogP contribution >= 0.6 is 0 Å². The zero-order valence-corrected chi connectivity index (χ0v) is 11.0. The highest BCUT2D eigenvalue weighted by atomic mass is 32.2. The van der Waals surface area contributed by atoms with Crippen LogP contribution < -0.4 is 4.57 Å². The minimum Gasteiger partial charge on any atom is -0.277 e. The highest BCUT2D eigenvalue weighted by molar-refractivity contribution is 7.85. The van der Waals surface area contributed by atoms with Gasteiger partial charge in [0.25, 0.3) is 0 Å². The van der Waals surface area contributed by atoms with Crippen molar-refractivity contribution in [2.45, 2.75) is 31.3 Å². The number of hydrogen-bond acceptors (Lipinski definition) is 2. The molecular weight excluding hydrogens is 250 g/mol. The summed E-state index contributed by atoms with van der Waals surface area (Å²) in [7, 11) is -4.23. The van der Waals surface area contributed by atoms with Gasteiger partial charge >= 0.3 is 15.1 Å². The summed E-state index contributed by atoms with van der Waals surface area (Å²) in [6.07, 6.45) is 3.54. The molecule has 5 heteroatoms. The fraction of sp³-hybridized carbons (Fsp3) is 0.308. The number of aromatic nitrogens is 1. The maximum atomic E-state index is 11.6. The topological polar surface area (TPSA) is 58.2 Å². The third-order valence-electron chi connectivity index (χ3n) is 2.88. The molecule has 96 valence electrons. The molecule has 0 radical (unpaired) electrons. The van der Waals surface area contributed by atoms with Gasteiger partial charge in [-0.25, -0.2) is 0 Å². The molecule has 0 unspecified atom stereocenters. The van der Waals surface area contributed by atoms with Crippen LogP contribution in [0.25, 0.3) is 10.8 Å². The molecule has 0 fully saturated rings. The maximum Gasteiger partial charge on any atom is 0.356 e. The standard InChI is InChI=1S/C13H15NO3S/c1-2-3-9-14-10-8-11-6-4-5-7-12(11)13(14)18(15,16)17/h4-8,10H,2-3,9H2,1H3/p+1. The second kappa shape index (κ2) is 5.04. The molecule has 1 heterocycles. The first-order valence-corrected chi connectivity index (χ1v) is 7.36. The Bertz CT molecular complexity index is 665. The smallest absolute Gasteiger partial charge is 0.277 e. The van der Waals surface area contributed by atoms with Gasteiger partial charge in [-0.3, -0.25) is 4.55 Å². The molecule has 0 atom stereocenters. The Morgan fingerprint density at radius 1 is 1.22 bits per heavy atom. The van der Waals surface area contributed by atoms with Crippen LogP contribution in [0.5, 0.6) is 0 Å². The van der Waals surface area contributed by atoms with Crippen LogP contribution in [-0.4, -0.2) is 13.0 Å². The van der Waals surface area contributed by atoms with Crippen LogP contribution in [0.3, 0.4) is 0 Å².